The maximum Gasteiger partial charge on any atom is 0.410 e. The van der Waals surface area contributed by atoms with Gasteiger partial charge in [-0.2, -0.15) is 0 Å². The summed E-state index contributed by atoms with van der Waals surface area (Å²) < 4.78 is 18.3. The van der Waals surface area contributed by atoms with Crippen LogP contribution in [0.5, 0.6) is 0 Å². The molecule has 4 nitrogen and oxygen atoms in total. The molecule has 178 valence electrons. The fraction of sp³-hybridized carbons (Fsp3) is 0.321. The molecule has 34 heavy (non-hydrogen) atoms. The zero-order chi connectivity index (χ0) is 23.9. The highest BCUT2D eigenvalue weighted by Gasteiger charge is 2.24. The van der Waals surface area contributed by atoms with Gasteiger partial charge in [-0.15, -0.1) is 0 Å². The van der Waals surface area contributed by atoms with Crippen molar-refractivity contribution in [2.75, 3.05) is 20.2 Å². The van der Waals surface area contributed by atoms with E-state index in [-0.39, 0.29) is 11.9 Å². The molecule has 0 aromatic heterocycles. The number of nitrogens with zero attached hydrogens (tertiary/aromatic N) is 2. The Kier molecular flexibility index (Phi) is 8.20. The molecular weight excluding hydrogens is 451 g/mol. The first-order chi connectivity index (χ1) is 16.5. The van der Waals surface area contributed by atoms with Crippen molar-refractivity contribution >= 4 is 17.7 Å². The molecule has 1 aliphatic heterocycles. The van der Waals surface area contributed by atoms with Crippen LogP contribution in [0.3, 0.4) is 0 Å². The van der Waals surface area contributed by atoms with Gasteiger partial charge in [-0.25, -0.2) is 9.18 Å². The predicted octanol–water partition coefficient (Wildman–Crippen LogP) is 6.63. The number of piperidine rings is 1. The Balaban J connectivity index is 1.44. The molecule has 0 radical (unpaired) electrons. The number of benzene rings is 3. The predicted molar refractivity (Wildman–Crippen MR) is 133 cm³/mol. The lowest BCUT2D eigenvalue weighted by atomic mass is 9.86. The largest absolute Gasteiger partial charge is 0.453 e. The molecule has 0 atom stereocenters. The van der Waals surface area contributed by atoms with Gasteiger partial charge in [-0.3, -0.25) is 9.80 Å². The first kappa shape index (κ1) is 24.2. The smallest absolute Gasteiger partial charge is 0.410 e. The molecule has 1 aliphatic rings. The number of halogens is 2. The highest BCUT2D eigenvalue weighted by atomic mass is 35.5. The van der Waals surface area contributed by atoms with Crippen molar-refractivity contribution in [2.45, 2.75) is 38.4 Å². The van der Waals surface area contributed by atoms with Gasteiger partial charge in [0.2, 0.25) is 0 Å². The molecule has 1 saturated heterocycles. The van der Waals surface area contributed by atoms with Crippen LogP contribution in [0, 0.1) is 5.82 Å². The molecule has 3 aromatic carbocycles. The van der Waals surface area contributed by atoms with E-state index in [1.54, 1.807) is 4.90 Å². The lowest BCUT2D eigenvalue weighted by Crippen LogP contribution is -2.33. The molecule has 3 aromatic rings. The summed E-state index contributed by atoms with van der Waals surface area (Å²) in [6.07, 6.45) is 1.71. The van der Waals surface area contributed by atoms with Gasteiger partial charge in [0.15, 0.2) is 0 Å². The van der Waals surface area contributed by atoms with Crippen LogP contribution in [0.15, 0.2) is 72.8 Å². The molecular formula is C28H30ClFN2O2. The molecule has 1 amide bonds. The van der Waals surface area contributed by atoms with E-state index in [9.17, 15) is 9.18 Å². The monoisotopic (exact) mass is 480 g/mol. The van der Waals surface area contributed by atoms with Crippen molar-refractivity contribution in [3.63, 3.8) is 0 Å². The van der Waals surface area contributed by atoms with Crippen molar-refractivity contribution in [3.8, 4) is 0 Å². The Morgan fingerprint density at radius 2 is 1.59 bits per heavy atom. The minimum absolute atomic E-state index is 0.199. The lowest BCUT2D eigenvalue weighted by molar-refractivity contribution is 0.117. The number of hydrogen-bond acceptors (Lipinski definition) is 3. The molecule has 0 aliphatic carbocycles. The number of methoxy groups -OCH3 is 1. The quantitative estimate of drug-likeness (QED) is 0.380. The highest BCUT2D eigenvalue weighted by molar-refractivity contribution is 6.31. The Hall–Kier alpha value is -2.89. The standard InChI is InChI=1S/C28H30ClFN2O2/c1-34-28(33)32(20-24-7-3-5-9-27(24)29)19-23-6-2-4-8-26(23)22-14-16-31(17-15-22)18-21-10-12-25(30)13-11-21/h2-13,22H,14-20H2,1H3. The second-order valence-corrected chi connectivity index (χ2v) is 9.20. The average molecular weight is 481 g/mol. The van der Waals surface area contributed by atoms with E-state index in [1.807, 2.05) is 42.5 Å². The SMILES string of the molecule is COC(=O)N(Cc1ccccc1Cl)Cc1ccccc1C1CCN(Cc2ccc(F)cc2)CC1. The van der Waals surface area contributed by atoms with Crippen molar-refractivity contribution in [3.05, 3.63) is 106 Å². The summed E-state index contributed by atoms with van der Waals surface area (Å²) in [6.45, 7) is 3.65. The summed E-state index contributed by atoms with van der Waals surface area (Å²) in [7, 11) is 1.41. The third kappa shape index (κ3) is 6.16. The van der Waals surface area contributed by atoms with E-state index in [4.69, 9.17) is 16.3 Å². The highest BCUT2D eigenvalue weighted by Crippen LogP contribution is 2.32. The van der Waals surface area contributed by atoms with Crippen LogP contribution >= 0.6 is 11.6 Å². The number of hydrogen-bond donors (Lipinski definition) is 0. The molecule has 0 spiro atoms. The maximum atomic E-state index is 13.2. The average Bonchev–Trinajstić information content (AvgIpc) is 2.86. The van der Waals surface area contributed by atoms with Crippen LogP contribution < -0.4 is 0 Å². The second-order valence-electron chi connectivity index (χ2n) is 8.79. The molecule has 0 N–H and O–H groups in total. The van der Waals surface area contributed by atoms with Crippen molar-refractivity contribution < 1.29 is 13.9 Å². The number of rotatable bonds is 7. The van der Waals surface area contributed by atoms with Crippen LogP contribution in [0.1, 0.15) is 41.0 Å². The molecule has 0 unspecified atom stereocenters. The molecule has 0 bridgehead atoms. The van der Waals surface area contributed by atoms with Gasteiger partial charge in [0, 0.05) is 18.1 Å². The number of carbonyl (C=O) groups is 1. The van der Waals surface area contributed by atoms with Gasteiger partial charge in [0.1, 0.15) is 5.82 Å². The fourth-order valence-corrected chi connectivity index (χ4v) is 4.87. The number of amides is 1. The van der Waals surface area contributed by atoms with Crippen molar-refractivity contribution in [2.24, 2.45) is 0 Å². The van der Waals surface area contributed by atoms with Crippen molar-refractivity contribution in [1.82, 2.24) is 9.80 Å². The second kappa shape index (κ2) is 11.5. The normalized spacial score (nSPS) is 14.7. The Labute approximate surface area is 205 Å². The summed E-state index contributed by atoms with van der Waals surface area (Å²) in [6, 6.07) is 22.7. The van der Waals surface area contributed by atoms with Gasteiger partial charge >= 0.3 is 6.09 Å². The number of carbonyl (C=O) groups excluding carboxylic acids is 1. The van der Waals surface area contributed by atoms with Crippen LogP contribution in [0.2, 0.25) is 5.02 Å². The van der Waals surface area contributed by atoms with Gasteiger partial charge in [0.25, 0.3) is 0 Å². The third-order valence-corrected chi connectivity index (χ3v) is 6.88. The maximum absolute atomic E-state index is 13.2. The summed E-state index contributed by atoms with van der Waals surface area (Å²) in [5, 5.41) is 0.637. The zero-order valence-corrected chi connectivity index (χ0v) is 20.2. The Morgan fingerprint density at radius 1 is 0.971 bits per heavy atom. The van der Waals surface area contributed by atoms with E-state index in [0.29, 0.717) is 24.0 Å². The first-order valence-electron chi connectivity index (χ1n) is 11.6. The van der Waals surface area contributed by atoms with Gasteiger partial charge in [-0.05, 0) is 72.3 Å². The van der Waals surface area contributed by atoms with Crippen LogP contribution in [-0.2, 0) is 24.4 Å². The Bertz CT molecular complexity index is 1100. The van der Waals surface area contributed by atoms with E-state index >= 15 is 0 Å². The topological polar surface area (TPSA) is 32.8 Å². The summed E-state index contributed by atoms with van der Waals surface area (Å²) in [5.41, 5.74) is 4.45. The summed E-state index contributed by atoms with van der Waals surface area (Å²) in [4.78, 5) is 16.7. The minimum Gasteiger partial charge on any atom is -0.453 e. The van der Waals surface area contributed by atoms with E-state index in [0.717, 1.165) is 49.2 Å². The number of ether oxygens (including phenoxy) is 1. The Morgan fingerprint density at radius 3 is 2.26 bits per heavy atom. The van der Waals surface area contributed by atoms with E-state index < -0.39 is 0 Å². The zero-order valence-electron chi connectivity index (χ0n) is 19.4. The molecule has 4 rings (SSSR count). The first-order valence-corrected chi connectivity index (χ1v) is 12.0. The fourth-order valence-electron chi connectivity index (χ4n) is 4.68. The van der Waals surface area contributed by atoms with Crippen LogP contribution in [-0.4, -0.2) is 36.1 Å². The lowest BCUT2D eigenvalue weighted by Gasteiger charge is -2.33. The minimum atomic E-state index is -0.371. The van der Waals surface area contributed by atoms with E-state index in [2.05, 4.69) is 23.1 Å². The molecule has 1 fully saturated rings. The van der Waals surface area contributed by atoms with Crippen LogP contribution in [0.25, 0.3) is 0 Å². The summed E-state index contributed by atoms with van der Waals surface area (Å²) in [5.74, 6) is 0.232. The molecule has 0 saturated carbocycles. The third-order valence-electron chi connectivity index (χ3n) is 6.52. The van der Waals surface area contributed by atoms with Crippen molar-refractivity contribution in [1.29, 1.82) is 0 Å². The van der Waals surface area contributed by atoms with E-state index in [1.165, 1.54) is 24.8 Å². The summed E-state index contributed by atoms with van der Waals surface area (Å²) >= 11 is 6.35. The van der Waals surface area contributed by atoms with Gasteiger partial charge in [-0.1, -0.05) is 66.2 Å². The molecule has 1 heterocycles. The van der Waals surface area contributed by atoms with Gasteiger partial charge < -0.3 is 4.74 Å². The van der Waals surface area contributed by atoms with Gasteiger partial charge in [0.05, 0.1) is 13.7 Å². The molecule has 6 heteroatoms. The number of likely N-dealkylation sites (tertiary alicyclic amines) is 1. The van der Waals surface area contributed by atoms with Crippen LogP contribution in [0.4, 0.5) is 9.18 Å².